The van der Waals surface area contributed by atoms with E-state index in [9.17, 15) is 0 Å². The first-order chi connectivity index (χ1) is 10.3. The molecule has 0 saturated heterocycles. The topological polar surface area (TPSA) is 69.4 Å². The van der Waals surface area contributed by atoms with Gasteiger partial charge in [0.05, 0.1) is 19.8 Å². The third-order valence-corrected chi connectivity index (χ3v) is 3.76. The van der Waals surface area contributed by atoms with Crippen LogP contribution in [-0.2, 0) is 0 Å². The van der Waals surface area contributed by atoms with Crippen LogP contribution in [0.3, 0.4) is 0 Å². The molecule has 2 aromatic rings. The number of methoxy groups -OCH3 is 2. The molecule has 1 saturated carbocycles. The Bertz CT molecular complexity index is 606. The van der Waals surface area contributed by atoms with Gasteiger partial charge in [0.25, 0.3) is 0 Å². The average molecular weight is 289 g/mol. The molecule has 0 unspecified atom stereocenters. The Hall–Kier alpha value is -2.24. The van der Waals surface area contributed by atoms with Crippen molar-refractivity contribution in [3.63, 3.8) is 0 Å². The van der Waals surface area contributed by atoms with E-state index in [1.54, 1.807) is 14.2 Å². The van der Waals surface area contributed by atoms with Gasteiger partial charge in [-0.2, -0.15) is 4.98 Å². The minimum absolute atomic E-state index is 0.436. The number of hydrogen-bond donors (Lipinski definition) is 1. The third-order valence-electron chi connectivity index (χ3n) is 3.76. The van der Waals surface area contributed by atoms with Crippen molar-refractivity contribution in [3.05, 3.63) is 18.2 Å². The van der Waals surface area contributed by atoms with Gasteiger partial charge in [0.2, 0.25) is 5.82 Å². The second kappa shape index (κ2) is 6.03. The molecule has 3 rings (SSSR count). The Labute approximate surface area is 123 Å². The highest BCUT2D eigenvalue weighted by atomic mass is 16.5. The first kappa shape index (κ1) is 13.7. The molecule has 1 fully saturated rings. The number of nitrogens with zero attached hydrogens (tertiary/aromatic N) is 2. The molecule has 1 aromatic carbocycles. The van der Waals surface area contributed by atoms with Crippen LogP contribution in [0.5, 0.6) is 11.5 Å². The van der Waals surface area contributed by atoms with Gasteiger partial charge in [-0.05, 0) is 31.0 Å². The second-order valence-corrected chi connectivity index (χ2v) is 5.12. The van der Waals surface area contributed by atoms with E-state index in [4.69, 9.17) is 14.0 Å². The highest BCUT2D eigenvalue weighted by Crippen LogP contribution is 2.32. The van der Waals surface area contributed by atoms with Crippen molar-refractivity contribution >= 4 is 6.01 Å². The van der Waals surface area contributed by atoms with Gasteiger partial charge in [-0.25, -0.2) is 0 Å². The van der Waals surface area contributed by atoms with Gasteiger partial charge in [0.15, 0.2) is 0 Å². The molecule has 1 N–H and O–H groups in total. The van der Waals surface area contributed by atoms with Crippen molar-refractivity contribution in [2.24, 2.45) is 0 Å². The summed E-state index contributed by atoms with van der Waals surface area (Å²) in [6, 6.07) is 6.39. The van der Waals surface area contributed by atoms with Gasteiger partial charge in [-0.15, -0.1) is 0 Å². The van der Waals surface area contributed by atoms with Crippen molar-refractivity contribution in [1.29, 1.82) is 0 Å². The van der Waals surface area contributed by atoms with E-state index in [0.29, 0.717) is 23.6 Å². The predicted octanol–water partition coefficient (Wildman–Crippen LogP) is 3.11. The molecule has 1 aliphatic rings. The van der Waals surface area contributed by atoms with Gasteiger partial charge in [0, 0.05) is 6.04 Å². The number of hydrogen-bond acceptors (Lipinski definition) is 6. The lowest BCUT2D eigenvalue weighted by Crippen LogP contribution is -2.14. The number of rotatable bonds is 5. The van der Waals surface area contributed by atoms with Gasteiger partial charge >= 0.3 is 6.01 Å². The zero-order valence-corrected chi connectivity index (χ0v) is 12.3. The molecule has 0 atom stereocenters. The first-order valence-corrected chi connectivity index (χ1v) is 7.13. The summed E-state index contributed by atoms with van der Waals surface area (Å²) in [4.78, 5) is 4.40. The molecule has 6 nitrogen and oxygen atoms in total. The number of anilines is 1. The van der Waals surface area contributed by atoms with E-state index in [-0.39, 0.29) is 0 Å². The Morgan fingerprint density at radius 2 is 2.00 bits per heavy atom. The second-order valence-electron chi connectivity index (χ2n) is 5.12. The van der Waals surface area contributed by atoms with Crippen molar-refractivity contribution in [2.75, 3.05) is 19.5 Å². The van der Waals surface area contributed by atoms with Crippen LogP contribution >= 0.6 is 0 Å². The summed E-state index contributed by atoms with van der Waals surface area (Å²) >= 11 is 0. The van der Waals surface area contributed by atoms with Crippen LogP contribution in [0.25, 0.3) is 11.4 Å². The lowest BCUT2D eigenvalue weighted by Gasteiger charge is -2.08. The number of aromatic nitrogens is 2. The molecular weight excluding hydrogens is 270 g/mol. The van der Waals surface area contributed by atoms with E-state index in [1.165, 1.54) is 12.8 Å². The molecule has 1 heterocycles. The molecule has 1 aromatic heterocycles. The maximum atomic E-state index is 5.34. The molecule has 0 radical (unpaired) electrons. The smallest absolute Gasteiger partial charge is 0.322 e. The largest absolute Gasteiger partial charge is 0.497 e. The Balaban J connectivity index is 1.84. The van der Waals surface area contributed by atoms with Crippen molar-refractivity contribution in [1.82, 2.24) is 10.1 Å². The van der Waals surface area contributed by atoms with E-state index in [0.717, 1.165) is 24.2 Å². The number of nitrogens with one attached hydrogen (secondary N) is 1. The molecule has 21 heavy (non-hydrogen) atoms. The van der Waals surface area contributed by atoms with Gasteiger partial charge in [0.1, 0.15) is 11.5 Å². The highest BCUT2D eigenvalue weighted by molar-refractivity contribution is 5.66. The molecule has 6 heteroatoms. The number of benzene rings is 1. The zero-order valence-electron chi connectivity index (χ0n) is 12.3. The molecule has 1 aliphatic carbocycles. The Morgan fingerprint density at radius 1 is 1.19 bits per heavy atom. The normalized spacial score (nSPS) is 15.1. The summed E-state index contributed by atoms with van der Waals surface area (Å²) in [6.07, 6.45) is 4.81. The lowest BCUT2D eigenvalue weighted by atomic mass is 10.2. The highest BCUT2D eigenvalue weighted by Gasteiger charge is 2.19. The SMILES string of the molecule is COc1ccc(OC)c(-c2noc(NC3CCCC3)n2)c1. The van der Waals surface area contributed by atoms with Crippen molar-refractivity contribution in [2.45, 2.75) is 31.7 Å². The monoisotopic (exact) mass is 289 g/mol. The van der Waals surface area contributed by atoms with Crippen LogP contribution in [0.4, 0.5) is 6.01 Å². The first-order valence-electron chi connectivity index (χ1n) is 7.13. The zero-order chi connectivity index (χ0) is 14.7. The minimum Gasteiger partial charge on any atom is -0.497 e. The van der Waals surface area contributed by atoms with Gasteiger partial charge in [-0.1, -0.05) is 18.0 Å². The van der Waals surface area contributed by atoms with Crippen LogP contribution in [-0.4, -0.2) is 30.4 Å². The lowest BCUT2D eigenvalue weighted by molar-refractivity contribution is 0.403. The van der Waals surface area contributed by atoms with E-state index in [2.05, 4.69) is 15.5 Å². The van der Waals surface area contributed by atoms with Crippen LogP contribution in [0.15, 0.2) is 22.7 Å². The van der Waals surface area contributed by atoms with Gasteiger partial charge < -0.3 is 19.3 Å². The van der Waals surface area contributed by atoms with E-state index >= 15 is 0 Å². The number of ether oxygens (including phenoxy) is 2. The minimum atomic E-state index is 0.436. The summed E-state index contributed by atoms with van der Waals surface area (Å²) in [5, 5.41) is 7.31. The fraction of sp³-hybridized carbons (Fsp3) is 0.467. The van der Waals surface area contributed by atoms with Crippen LogP contribution in [0.2, 0.25) is 0 Å². The maximum absolute atomic E-state index is 5.34. The summed E-state index contributed by atoms with van der Waals surface area (Å²) in [6.45, 7) is 0. The quantitative estimate of drug-likeness (QED) is 0.912. The van der Waals surface area contributed by atoms with Gasteiger partial charge in [-0.3, -0.25) is 0 Å². The third kappa shape index (κ3) is 2.94. The summed E-state index contributed by atoms with van der Waals surface area (Å²) in [7, 11) is 3.23. The average Bonchev–Trinajstić information content (AvgIpc) is 3.19. The Morgan fingerprint density at radius 3 is 2.71 bits per heavy atom. The molecule has 0 spiro atoms. The van der Waals surface area contributed by atoms with Crippen molar-refractivity contribution in [3.8, 4) is 22.9 Å². The molecule has 112 valence electrons. The van der Waals surface area contributed by atoms with Crippen LogP contribution in [0, 0.1) is 0 Å². The van der Waals surface area contributed by atoms with E-state index in [1.807, 2.05) is 18.2 Å². The summed E-state index contributed by atoms with van der Waals surface area (Å²) in [5.41, 5.74) is 0.750. The molecule has 0 aliphatic heterocycles. The maximum Gasteiger partial charge on any atom is 0.322 e. The fourth-order valence-electron chi connectivity index (χ4n) is 2.63. The van der Waals surface area contributed by atoms with Crippen LogP contribution in [0.1, 0.15) is 25.7 Å². The standard InChI is InChI=1S/C15H19N3O3/c1-19-11-7-8-13(20-2)12(9-11)14-17-15(21-18-14)16-10-5-3-4-6-10/h7-10H,3-6H2,1-2H3,(H,16,17,18). The molecule has 0 amide bonds. The predicted molar refractivity (Wildman–Crippen MR) is 78.7 cm³/mol. The molecular formula is C15H19N3O3. The van der Waals surface area contributed by atoms with E-state index < -0.39 is 0 Å². The Kier molecular flexibility index (Phi) is 3.94. The van der Waals surface area contributed by atoms with Crippen LogP contribution < -0.4 is 14.8 Å². The summed E-state index contributed by atoms with van der Waals surface area (Å²) < 4.78 is 15.9. The summed E-state index contributed by atoms with van der Waals surface area (Å²) in [5.74, 6) is 1.90. The van der Waals surface area contributed by atoms with Crippen molar-refractivity contribution < 1.29 is 14.0 Å². The molecule has 0 bridgehead atoms. The fourth-order valence-corrected chi connectivity index (χ4v) is 2.63.